The van der Waals surface area contributed by atoms with Gasteiger partial charge in [0.05, 0.1) is 17.3 Å². The number of ether oxygens (including phenoxy) is 1. The van der Waals surface area contributed by atoms with Crippen LogP contribution in [0, 0.1) is 11.3 Å². The molecule has 0 aromatic heterocycles. The normalized spacial score (nSPS) is 10.0. The second-order valence-corrected chi connectivity index (χ2v) is 6.29. The summed E-state index contributed by atoms with van der Waals surface area (Å²) in [6.07, 6.45) is 0. The minimum atomic E-state index is -0.422. The molecule has 0 radical (unpaired) electrons. The first-order valence-corrected chi connectivity index (χ1v) is 8.77. The Hall–Kier alpha value is -3.62. The summed E-state index contributed by atoms with van der Waals surface area (Å²) in [6.45, 7) is -0.243. The predicted octanol–water partition coefficient (Wildman–Crippen LogP) is 4.46. The van der Waals surface area contributed by atoms with Crippen molar-refractivity contribution in [1.29, 1.82) is 5.26 Å². The molecule has 0 aliphatic heterocycles. The molecule has 5 nitrogen and oxygen atoms in total. The van der Waals surface area contributed by atoms with Crippen molar-refractivity contribution in [3.05, 3.63) is 94.5 Å². The third kappa shape index (κ3) is 4.76. The van der Waals surface area contributed by atoms with Crippen molar-refractivity contribution in [1.82, 2.24) is 0 Å². The Bertz CT molecular complexity index is 1040. The van der Waals surface area contributed by atoms with Crippen LogP contribution in [0.5, 0.6) is 5.75 Å². The van der Waals surface area contributed by atoms with Crippen molar-refractivity contribution in [3.63, 3.8) is 0 Å². The molecule has 3 aromatic rings. The lowest BCUT2D eigenvalue weighted by molar-refractivity contribution is -0.118. The minimum absolute atomic E-state index is 0.243. The van der Waals surface area contributed by atoms with Gasteiger partial charge in [-0.15, -0.1) is 0 Å². The van der Waals surface area contributed by atoms with Gasteiger partial charge in [0.1, 0.15) is 5.75 Å². The smallest absolute Gasteiger partial charge is 0.262 e. The molecule has 0 bridgehead atoms. The fraction of sp³-hybridized carbons (Fsp3) is 0.0455. The summed E-state index contributed by atoms with van der Waals surface area (Å²) < 4.78 is 5.42. The Morgan fingerprint density at radius 2 is 1.71 bits per heavy atom. The van der Waals surface area contributed by atoms with E-state index in [2.05, 4.69) is 5.32 Å². The summed E-state index contributed by atoms with van der Waals surface area (Å²) in [4.78, 5) is 25.0. The number of rotatable bonds is 6. The fourth-order valence-electron chi connectivity index (χ4n) is 2.52. The van der Waals surface area contributed by atoms with E-state index in [0.717, 1.165) is 0 Å². The molecule has 138 valence electrons. The summed E-state index contributed by atoms with van der Waals surface area (Å²) in [5.74, 6) is -0.203. The molecule has 0 aliphatic rings. The second-order valence-electron chi connectivity index (χ2n) is 5.86. The van der Waals surface area contributed by atoms with Gasteiger partial charge in [0.25, 0.3) is 5.91 Å². The zero-order valence-electron chi connectivity index (χ0n) is 14.7. The number of hydrogen-bond acceptors (Lipinski definition) is 4. The third-order valence-electron chi connectivity index (χ3n) is 3.89. The quantitative estimate of drug-likeness (QED) is 0.630. The average Bonchev–Trinajstić information content (AvgIpc) is 2.74. The molecular weight excluding hydrogens is 376 g/mol. The lowest BCUT2D eigenvalue weighted by atomic mass is 10.0. The van der Waals surface area contributed by atoms with E-state index in [1.807, 2.05) is 12.1 Å². The highest BCUT2D eigenvalue weighted by Gasteiger charge is 2.16. The van der Waals surface area contributed by atoms with E-state index >= 15 is 0 Å². The van der Waals surface area contributed by atoms with Crippen molar-refractivity contribution in [2.45, 2.75) is 0 Å². The molecule has 0 spiro atoms. The maximum atomic E-state index is 12.8. The van der Waals surface area contributed by atoms with Gasteiger partial charge in [0.2, 0.25) is 0 Å². The molecule has 0 atom stereocenters. The highest BCUT2D eigenvalue weighted by molar-refractivity contribution is 6.31. The van der Waals surface area contributed by atoms with Crippen LogP contribution in [0.1, 0.15) is 21.5 Å². The lowest BCUT2D eigenvalue weighted by Gasteiger charge is -2.12. The first-order chi connectivity index (χ1) is 13.6. The summed E-state index contributed by atoms with van der Waals surface area (Å²) in [5.41, 5.74) is 1.65. The number of amides is 1. The first kappa shape index (κ1) is 19.2. The maximum absolute atomic E-state index is 12.8. The van der Waals surface area contributed by atoms with Gasteiger partial charge >= 0.3 is 0 Å². The molecule has 1 N–H and O–H groups in total. The number of halogens is 1. The van der Waals surface area contributed by atoms with Crippen LogP contribution in [0.15, 0.2) is 72.8 Å². The Morgan fingerprint density at radius 1 is 1.00 bits per heavy atom. The van der Waals surface area contributed by atoms with E-state index in [1.54, 1.807) is 60.7 Å². The standard InChI is InChI=1S/C22H15ClN2O3/c23-17-8-11-20(19(12-17)22(27)16-4-2-1-3-5-16)25-21(26)14-28-18-9-6-15(13-24)7-10-18/h1-12H,14H2,(H,25,26). The molecule has 0 fully saturated rings. The Kier molecular flexibility index (Phi) is 6.05. The van der Waals surface area contributed by atoms with Gasteiger partial charge in [0.15, 0.2) is 12.4 Å². The first-order valence-electron chi connectivity index (χ1n) is 8.39. The van der Waals surface area contributed by atoms with E-state index in [0.29, 0.717) is 33.1 Å². The van der Waals surface area contributed by atoms with E-state index in [4.69, 9.17) is 21.6 Å². The van der Waals surface area contributed by atoms with E-state index in [9.17, 15) is 9.59 Å². The number of benzene rings is 3. The molecule has 3 rings (SSSR count). The highest BCUT2D eigenvalue weighted by Crippen LogP contribution is 2.24. The summed E-state index contributed by atoms with van der Waals surface area (Å²) in [7, 11) is 0. The number of carbonyl (C=O) groups is 2. The number of carbonyl (C=O) groups excluding carboxylic acids is 2. The van der Waals surface area contributed by atoms with Gasteiger partial charge in [-0.3, -0.25) is 9.59 Å². The highest BCUT2D eigenvalue weighted by atomic mass is 35.5. The van der Waals surface area contributed by atoms with E-state index in [1.165, 1.54) is 6.07 Å². The van der Waals surface area contributed by atoms with Gasteiger partial charge < -0.3 is 10.1 Å². The lowest BCUT2D eigenvalue weighted by Crippen LogP contribution is -2.21. The fourth-order valence-corrected chi connectivity index (χ4v) is 2.69. The number of hydrogen-bond donors (Lipinski definition) is 1. The topological polar surface area (TPSA) is 79.2 Å². The molecule has 6 heteroatoms. The maximum Gasteiger partial charge on any atom is 0.262 e. The van der Waals surface area contributed by atoms with Gasteiger partial charge in [-0.05, 0) is 42.5 Å². The van der Waals surface area contributed by atoms with Crippen LogP contribution in [-0.4, -0.2) is 18.3 Å². The Balaban J connectivity index is 1.72. The predicted molar refractivity (Wildman–Crippen MR) is 107 cm³/mol. The number of ketones is 1. The molecule has 0 aliphatic carbocycles. The summed E-state index contributed by atoms with van der Waals surface area (Å²) >= 11 is 6.04. The molecular formula is C22H15ClN2O3. The third-order valence-corrected chi connectivity index (χ3v) is 4.12. The van der Waals surface area contributed by atoms with Crippen LogP contribution in [0.2, 0.25) is 5.02 Å². The largest absolute Gasteiger partial charge is 0.484 e. The second kappa shape index (κ2) is 8.85. The van der Waals surface area contributed by atoms with Crippen molar-refractivity contribution in [3.8, 4) is 11.8 Å². The number of anilines is 1. The van der Waals surface area contributed by atoms with Crippen LogP contribution in [0.3, 0.4) is 0 Å². The molecule has 0 heterocycles. The van der Waals surface area contributed by atoms with Crippen molar-refractivity contribution in [2.75, 3.05) is 11.9 Å². The zero-order chi connectivity index (χ0) is 19.9. The molecule has 1 amide bonds. The monoisotopic (exact) mass is 390 g/mol. The molecule has 0 saturated heterocycles. The summed E-state index contributed by atoms with van der Waals surface area (Å²) in [5, 5.41) is 11.9. The zero-order valence-corrected chi connectivity index (χ0v) is 15.4. The van der Waals surface area contributed by atoms with Gasteiger partial charge in [0, 0.05) is 16.1 Å². The Morgan fingerprint density at radius 3 is 2.39 bits per heavy atom. The van der Waals surface area contributed by atoms with Crippen molar-refractivity contribution >= 4 is 29.0 Å². The van der Waals surface area contributed by atoms with Crippen LogP contribution in [0.25, 0.3) is 0 Å². The molecule has 0 unspecified atom stereocenters. The Labute approximate surface area is 167 Å². The molecule has 3 aromatic carbocycles. The van der Waals surface area contributed by atoms with Gasteiger partial charge in [-0.1, -0.05) is 41.9 Å². The van der Waals surface area contributed by atoms with Crippen molar-refractivity contribution in [2.24, 2.45) is 0 Å². The van der Waals surface area contributed by atoms with E-state index < -0.39 is 5.91 Å². The van der Waals surface area contributed by atoms with Crippen LogP contribution in [-0.2, 0) is 4.79 Å². The SMILES string of the molecule is N#Cc1ccc(OCC(=O)Nc2ccc(Cl)cc2C(=O)c2ccccc2)cc1. The van der Waals surface area contributed by atoms with E-state index in [-0.39, 0.29) is 12.4 Å². The average molecular weight is 391 g/mol. The molecule has 28 heavy (non-hydrogen) atoms. The molecule has 0 saturated carbocycles. The van der Waals surface area contributed by atoms with Crippen molar-refractivity contribution < 1.29 is 14.3 Å². The van der Waals surface area contributed by atoms with Crippen LogP contribution >= 0.6 is 11.6 Å². The van der Waals surface area contributed by atoms with Crippen LogP contribution in [0.4, 0.5) is 5.69 Å². The number of nitrogens with zero attached hydrogens (tertiary/aromatic N) is 1. The minimum Gasteiger partial charge on any atom is -0.484 e. The summed E-state index contributed by atoms with van der Waals surface area (Å²) in [6, 6.07) is 21.9. The van der Waals surface area contributed by atoms with Gasteiger partial charge in [-0.25, -0.2) is 0 Å². The van der Waals surface area contributed by atoms with Crippen LogP contribution < -0.4 is 10.1 Å². The number of nitrogens with one attached hydrogen (secondary N) is 1. The van der Waals surface area contributed by atoms with Gasteiger partial charge in [-0.2, -0.15) is 5.26 Å². The number of nitriles is 1.